The number of aromatic nitrogens is 6. The average Bonchev–Trinajstić information content (AvgIpc) is 3.29. The predicted octanol–water partition coefficient (Wildman–Crippen LogP) is 2.27. The number of fused-ring (bicyclic) bond motifs is 1. The van der Waals surface area contributed by atoms with Gasteiger partial charge >= 0.3 is 5.69 Å². The quantitative estimate of drug-likeness (QED) is 0.541. The third kappa shape index (κ3) is 3.51. The zero-order valence-electron chi connectivity index (χ0n) is 16.2. The van der Waals surface area contributed by atoms with Gasteiger partial charge in [0.1, 0.15) is 11.6 Å². The summed E-state index contributed by atoms with van der Waals surface area (Å²) in [6, 6.07) is 6.35. The van der Waals surface area contributed by atoms with E-state index in [4.69, 9.17) is 0 Å². The van der Waals surface area contributed by atoms with Gasteiger partial charge < -0.3 is 4.57 Å². The number of unbranched alkanes of at least 4 members (excludes halogenated alkanes) is 1. The first kappa shape index (κ1) is 18.9. The number of aromatic amines is 1. The van der Waals surface area contributed by atoms with Crippen molar-refractivity contribution in [2.75, 3.05) is 0 Å². The number of halogens is 1. The van der Waals surface area contributed by atoms with Crippen LogP contribution in [0.2, 0.25) is 0 Å². The standard InChI is InChI=1S/C20H21FN6O2/c1-3-4-8-27-16-18(25(2)20(29)24-19(16)28)23-17(27)14-10-22-26(12-14)11-13-6-5-7-15(21)9-13/h5-7,9-10,12H,3-4,8,11H2,1-2H3,(H,24,28,29). The Hall–Kier alpha value is -3.49. The van der Waals surface area contributed by atoms with E-state index < -0.39 is 11.2 Å². The molecule has 0 fully saturated rings. The van der Waals surface area contributed by atoms with Crippen LogP contribution in [0.3, 0.4) is 0 Å². The highest BCUT2D eigenvalue weighted by Gasteiger charge is 2.19. The average molecular weight is 396 g/mol. The minimum atomic E-state index is -0.504. The highest BCUT2D eigenvalue weighted by Crippen LogP contribution is 2.23. The molecular weight excluding hydrogens is 375 g/mol. The van der Waals surface area contributed by atoms with Gasteiger partial charge in [-0.2, -0.15) is 5.10 Å². The molecule has 4 aromatic rings. The van der Waals surface area contributed by atoms with Crippen LogP contribution in [0.5, 0.6) is 0 Å². The van der Waals surface area contributed by atoms with Crippen LogP contribution >= 0.6 is 0 Å². The minimum Gasteiger partial charge on any atom is -0.318 e. The lowest BCUT2D eigenvalue weighted by Gasteiger charge is -2.06. The van der Waals surface area contributed by atoms with Crippen molar-refractivity contribution in [3.8, 4) is 11.4 Å². The van der Waals surface area contributed by atoms with E-state index in [1.807, 2.05) is 10.6 Å². The van der Waals surface area contributed by atoms with E-state index in [1.54, 1.807) is 30.2 Å². The van der Waals surface area contributed by atoms with E-state index in [1.165, 1.54) is 16.7 Å². The zero-order valence-corrected chi connectivity index (χ0v) is 16.2. The third-order valence-electron chi connectivity index (χ3n) is 4.87. The van der Waals surface area contributed by atoms with Gasteiger partial charge in [0, 0.05) is 19.8 Å². The predicted molar refractivity (Wildman–Crippen MR) is 107 cm³/mol. The summed E-state index contributed by atoms with van der Waals surface area (Å²) in [7, 11) is 1.58. The van der Waals surface area contributed by atoms with E-state index in [-0.39, 0.29) is 5.82 Å². The number of nitrogens with one attached hydrogen (secondary N) is 1. The lowest BCUT2D eigenvalue weighted by atomic mass is 10.2. The summed E-state index contributed by atoms with van der Waals surface area (Å²) in [5, 5.41) is 4.36. The fourth-order valence-corrected chi connectivity index (χ4v) is 3.38. The van der Waals surface area contributed by atoms with Gasteiger partial charge in [0.2, 0.25) is 0 Å². The molecule has 0 radical (unpaired) electrons. The Labute approximate surface area is 165 Å². The molecular formula is C20H21FN6O2. The Balaban J connectivity index is 1.80. The highest BCUT2D eigenvalue weighted by atomic mass is 19.1. The van der Waals surface area contributed by atoms with Crippen molar-refractivity contribution in [1.82, 2.24) is 28.9 Å². The second-order valence-corrected chi connectivity index (χ2v) is 6.99. The highest BCUT2D eigenvalue weighted by molar-refractivity contribution is 5.76. The molecule has 0 bridgehead atoms. The Morgan fingerprint density at radius 1 is 1.24 bits per heavy atom. The maximum atomic E-state index is 13.4. The summed E-state index contributed by atoms with van der Waals surface area (Å²) >= 11 is 0. The molecule has 3 heterocycles. The van der Waals surface area contributed by atoms with Crippen LogP contribution in [0.15, 0.2) is 46.2 Å². The van der Waals surface area contributed by atoms with Crippen LogP contribution in [0.25, 0.3) is 22.6 Å². The van der Waals surface area contributed by atoms with Crippen molar-refractivity contribution in [2.45, 2.75) is 32.9 Å². The maximum Gasteiger partial charge on any atom is 0.329 e. The molecule has 0 unspecified atom stereocenters. The first-order valence-corrected chi connectivity index (χ1v) is 9.44. The van der Waals surface area contributed by atoms with E-state index in [0.717, 1.165) is 24.0 Å². The molecule has 29 heavy (non-hydrogen) atoms. The van der Waals surface area contributed by atoms with Crippen molar-refractivity contribution in [3.05, 3.63) is 68.9 Å². The molecule has 9 heteroatoms. The van der Waals surface area contributed by atoms with E-state index in [9.17, 15) is 14.0 Å². The summed E-state index contributed by atoms with van der Waals surface area (Å²) in [6.45, 7) is 3.07. The summed E-state index contributed by atoms with van der Waals surface area (Å²) in [4.78, 5) is 31.4. The Morgan fingerprint density at radius 3 is 2.83 bits per heavy atom. The van der Waals surface area contributed by atoms with Crippen molar-refractivity contribution >= 4 is 11.2 Å². The number of nitrogens with zero attached hydrogens (tertiary/aromatic N) is 5. The molecule has 0 spiro atoms. The molecule has 8 nitrogen and oxygen atoms in total. The second-order valence-electron chi connectivity index (χ2n) is 6.99. The third-order valence-corrected chi connectivity index (χ3v) is 4.87. The molecule has 0 atom stereocenters. The second kappa shape index (κ2) is 7.50. The van der Waals surface area contributed by atoms with Gasteiger partial charge in [0.15, 0.2) is 11.2 Å². The number of hydrogen-bond donors (Lipinski definition) is 1. The fraction of sp³-hybridized carbons (Fsp3) is 0.300. The molecule has 1 N–H and O–H groups in total. The van der Waals surface area contributed by atoms with Crippen molar-refractivity contribution in [3.63, 3.8) is 0 Å². The van der Waals surface area contributed by atoms with Crippen LogP contribution in [0.1, 0.15) is 25.3 Å². The minimum absolute atomic E-state index is 0.295. The molecule has 0 aliphatic carbocycles. The molecule has 0 amide bonds. The fourth-order valence-electron chi connectivity index (χ4n) is 3.38. The van der Waals surface area contributed by atoms with Gasteiger partial charge in [-0.1, -0.05) is 25.5 Å². The molecule has 3 aromatic heterocycles. The van der Waals surface area contributed by atoms with Gasteiger partial charge in [-0.25, -0.2) is 14.2 Å². The number of H-pyrrole nitrogens is 1. The Kier molecular flexibility index (Phi) is 4.87. The molecule has 4 rings (SSSR count). The van der Waals surface area contributed by atoms with E-state index in [2.05, 4.69) is 22.0 Å². The SMILES string of the molecule is CCCCn1c(-c2cnn(Cc3cccc(F)c3)c2)nc2c1c(=O)[nH]c(=O)n2C. The number of rotatable bonds is 6. The van der Waals surface area contributed by atoms with Crippen molar-refractivity contribution in [1.29, 1.82) is 0 Å². The number of aryl methyl sites for hydroxylation is 2. The van der Waals surface area contributed by atoms with Crippen LogP contribution in [0.4, 0.5) is 4.39 Å². The topological polar surface area (TPSA) is 90.5 Å². The number of benzene rings is 1. The molecule has 0 saturated carbocycles. The summed E-state index contributed by atoms with van der Waals surface area (Å²) in [5.74, 6) is 0.280. The summed E-state index contributed by atoms with van der Waals surface area (Å²) in [5.41, 5.74) is 1.26. The summed E-state index contributed by atoms with van der Waals surface area (Å²) in [6.07, 6.45) is 5.27. The van der Waals surface area contributed by atoms with E-state index >= 15 is 0 Å². The van der Waals surface area contributed by atoms with Crippen LogP contribution in [0, 0.1) is 5.82 Å². The van der Waals surface area contributed by atoms with E-state index in [0.29, 0.717) is 30.1 Å². The van der Waals surface area contributed by atoms with Crippen LogP contribution in [-0.2, 0) is 20.1 Å². The van der Waals surface area contributed by atoms with Gasteiger partial charge in [0.05, 0.1) is 18.3 Å². The normalized spacial score (nSPS) is 11.4. The van der Waals surface area contributed by atoms with Gasteiger partial charge in [-0.3, -0.25) is 19.0 Å². The Morgan fingerprint density at radius 2 is 2.07 bits per heavy atom. The smallest absolute Gasteiger partial charge is 0.318 e. The van der Waals surface area contributed by atoms with Crippen LogP contribution < -0.4 is 11.2 Å². The maximum absolute atomic E-state index is 13.4. The Bertz CT molecular complexity index is 1300. The first-order chi connectivity index (χ1) is 14.0. The molecule has 150 valence electrons. The van der Waals surface area contributed by atoms with Crippen molar-refractivity contribution < 1.29 is 4.39 Å². The zero-order chi connectivity index (χ0) is 20.5. The van der Waals surface area contributed by atoms with Gasteiger partial charge in [-0.05, 0) is 24.1 Å². The largest absolute Gasteiger partial charge is 0.329 e. The molecule has 0 aliphatic rings. The monoisotopic (exact) mass is 396 g/mol. The lowest BCUT2D eigenvalue weighted by Crippen LogP contribution is -2.29. The molecule has 1 aromatic carbocycles. The van der Waals surface area contributed by atoms with Gasteiger partial charge in [-0.15, -0.1) is 0 Å². The van der Waals surface area contributed by atoms with Crippen molar-refractivity contribution in [2.24, 2.45) is 7.05 Å². The lowest BCUT2D eigenvalue weighted by molar-refractivity contribution is 0.619. The molecule has 0 aliphatic heterocycles. The van der Waals surface area contributed by atoms with Gasteiger partial charge in [0.25, 0.3) is 5.56 Å². The number of imidazole rings is 1. The van der Waals surface area contributed by atoms with Crippen LogP contribution in [-0.4, -0.2) is 28.9 Å². The summed E-state index contributed by atoms with van der Waals surface area (Å²) < 4.78 is 18.3. The first-order valence-electron chi connectivity index (χ1n) is 9.44. The number of hydrogen-bond acceptors (Lipinski definition) is 4. The molecule has 0 saturated heterocycles.